The smallest absolute Gasteiger partial charge is 0.327 e. The van der Waals surface area contributed by atoms with Crippen molar-refractivity contribution in [2.45, 2.75) is 83.6 Å². The molecule has 2 N–H and O–H groups in total. The molecule has 1 amide bonds. The molecule has 4 nitrogen and oxygen atoms in total. The lowest BCUT2D eigenvalue weighted by Crippen LogP contribution is -2.42. The normalized spacial score (nSPS) is 12.4. The summed E-state index contributed by atoms with van der Waals surface area (Å²) >= 11 is 3.92. The molecule has 0 fully saturated rings. The van der Waals surface area contributed by atoms with Gasteiger partial charge in [-0.25, -0.2) is 4.79 Å². The van der Waals surface area contributed by atoms with Crippen LogP contribution in [0.1, 0.15) is 77.6 Å². The van der Waals surface area contributed by atoms with Gasteiger partial charge in [-0.15, -0.1) is 0 Å². The maximum atomic E-state index is 11.6. The van der Waals surface area contributed by atoms with E-state index in [4.69, 9.17) is 5.11 Å². The Morgan fingerprint density at radius 2 is 1.57 bits per heavy atom. The van der Waals surface area contributed by atoms with Gasteiger partial charge in [-0.2, -0.15) is 12.6 Å². The van der Waals surface area contributed by atoms with Gasteiger partial charge < -0.3 is 10.4 Å². The predicted octanol–water partition coefficient (Wildman–Crippen LogP) is 4.35. The number of amides is 1. The number of hydrogen-bond acceptors (Lipinski definition) is 3. The van der Waals surface area contributed by atoms with Crippen LogP contribution in [0.2, 0.25) is 0 Å². The van der Waals surface area contributed by atoms with E-state index in [2.05, 4.69) is 37.0 Å². The van der Waals surface area contributed by atoms with Crippen molar-refractivity contribution in [2.24, 2.45) is 0 Å². The van der Waals surface area contributed by atoms with Crippen molar-refractivity contribution in [3.8, 4) is 0 Å². The Labute approximate surface area is 146 Å². The average Bonchev–Trinajstić information content (AvgIpc) is 2.53. The topological polar surface area (TPSA) is 66.4 Å². The first-order chi connectivity index (χ1) is 11.1. The molecule has 0 saturated heterocycles. The van der Waals surface area contributed by atoms with Crippen molar-refractivity contribution in [3.63, 3.8) is 0 Å². The molecule has 0 unspecified atom stereocenters. The second kappa shape index (κ2) is 15.9. The lowest BCUT2D eigenvalue weighted by Gasteiger charge is -2.11. The van der Waals surface area contributed by atoms with E-state index in [9.17, 15) is 9.59 Å². The third kappa shape index (κ3) is 14.4. The number of thiol groups is 1. The number of unbranched alkanes of at least 4 members (excludes halogenated alkanes) is 8. The average molecular weight is 344 g/mol. The van der Waals surface area contributed by atoms with E-state index in [1.54, 1.807) is 0 Å². The number of rotatable bonds is 15. The summed E-state index contributed by atoms with van der Waals surface area (Å²) in [7, 11) is 0. The summed E-state index contributed by atoms with van der Waals surface area (Å²) in [5, 5.41) is 11.3. The van der Waals surface area contributed by atoms with Crippen LogP contribution in [0.4, 0.5) is 0 Å². The molecule has 0 spiro atoms. The van der Waals surface area contributed by atoms with Crippen molar-refractivity contribution in [1.29, 1.82) is 0 Å². The molecule has 0 aliphatic heterocycles. The summed E-state index contributed by atoms with van der Waals surface area (Å²) in [6, 6.07) is -0.880. The molecule has 0 rings (SSSR count). The number of allylic oxidation sites excluding steroid dienone is 2. The fourth-order valence-corrected chi connectivity index (χ4v) is 2.53. The van der Waals surface area contributed by atoms with Crippen molar-refractivity contribution >= 4 is 24.5 Å². The van der Waals surface area contributed by atoms with Crippen LogP contribution in [-0.4, -0.2) is 28.8 Å². The highest BCUT2D eigenvalue weighted by Gasteiger charge is 2.17. The zero-order chi connectivity index (χ0) is 17.3. The third-order valence-corrected chi connectivity index (χ3v) is 4.10. The van der Waals surface area contributed by atoms with Gasteiger partial charge in [0.2, 0.25) is 5.91 Å². The molecular formula is C18H33NO3S. The highest BCUT2D eigenvalue weighted by atomic mass is 32.1. The van der Waals surface area contributed by atoms with Crippen molar-refractivity contribution in [3.05, 3.63) is 12.2 Å². The minimum absolute atomic E-state index is 0.118. The van der Waals surface area contributed by atoms with Gasteiger partial charge in [0, 0.05) is 12.2 Å². The van der Waals surface area contributed by atoms with Crippen LogP contribution in [-0.2, 0) is 9.59 Å². The molecule has 5 heteroatoms. The van der Waals surface area contributed by atoms with Gasteiger partial charge in [-0.1, -0.05) is 51.2 Å². The zero-order valence-corrected chi connectivity index (χ0v) is 15.3. The van der Waals surface area contributed by atoms with Crippen LogP contribution in [0.15, 0.2) is 12.2 Å². The van der Waals surface area contributed by atoms with Crippen LogP contribution >= 0.6 is 12.6 Å². The lowest BCUT2D eigenvalue weighted by atomic mass is 10.1. The fraction of sp³-hybridized carbons (Fsp3) is 0.778. The maximum absolute atomic E-state index is 11.6. The summed E-state index contributed by atoms with van der Waals surface area (Å²) in [6.07, 6.45) is 16.6. The third-order valence-electron chi connectivity index (χ3n) is 3.73. The first-order valence-electron chi connectivity index (χ1n) is 8.89. The molecule has 0 radical (unpaired) electrons. The Bertz CT molecular complexity index is 345. The molecule has 0 bridgehead atoms. The molecule has 0 aliphatic carbocycles. The van der Waals surface area contributed by atoms with Crippen LogP contribution < -0.4 is 5.32 Å². The van der Waals surface area contributed by atoms with E-state index in [1.165, 1.54) is 38.5 Å². The second-order valence-corrected chi connectivity index (χ2v) is 6.28. The number of hydrogen-bond donors (Lipinski definition) is 3. The minimum Gasteiger partial charge on any atom is -0.480 e. The Morgan fingerprint density at radius 1 is 1.00 bits per heavy atom. The highest BCUT2D eigenvalue weighted by molar-refractivity contribution is 7.80. The SMILES string of the molecule is CCCCC/C=C\CCCCCCCC(=O)N[C@@H](CS)C(=O)O. The molecule has 134 valence electrons. The lowest BCUT2D eigenvalue weighted by molar-refractivity contribution is -0.141. The molecule has 1 atom stereocenters. The molecule has 0 aliphatic rings. The molecule has 0 aromatic carbocycles. The standard InChI is InChI=1S/C18H33NO3S/c1-2-3-4-5-6-7-8-9-10-11-12-13-14-17(20)19-16(15-23)18(21)22/h6-7,16,23H,2-5,8-15H2,1H3,(H,19,20)(H,21,22)/b7-6-/t16-/m0/s1. The maximum Gasteiger partial charge on any atom is 0.327 e. The first kappa shape index (κ1) is 22.0. The Balaban J connectivity index is 3.42. The largest absolute Gasteiger partial charge is 0.480 e. The fourth-order valence-electron chi connectivity index (χ4n) is 2.28. The van der Waals surface area contributed by atoms with E-state index in [-0.39, 0.29) is 11.7 Å². The van der Waals surface area contributed by atoms with Crippen molar-refractivity contribution in [2.75, 3.05) is 5.75 Å². The summed E-state index contributed by atoms with van der Waals surface area (Å²) in [5.74, 6) is -1.11. The van der Waals surface area contributed by atoms with E-state index >= 15 is 0 Å². The molecule has 0 aromatic heterocycles. The van der Waals surface area contributed by atoms with Gasteiger partial charge in [0.05, 0.1) is 0 Å². The molecule has 0 aromatic rings. The Morgan fingerprint density at radius 3 is 2.13 bits per heavy atom. The van der Waals surface area contributed by atoms with E-state index in [0.717, 1.165) is 25.7 Å². The van der Waals surface area contributed by atoms with Gasteiger partial charge >= 0.3 is 5.97 Å². The Kier molecular flexibility index (Phi) is 15.2. The number of carbonyl (C=O) groups is 2. The highest BCUT2D eigenvalue weighted by Crippen LogP contribution is 2.08. The summed E-state index contributed by atoms with van der Waals surface area (Å²) < 4.78 is 0. The first-order valence-corrected chi connectivity index (χ1v) is 9.53. The second-order valence-electron chi connectivity index (χ2n) is 5.91. The van der Waals surface area contributed by atoms with Gasteiger partial charge in [0.1, 0.15) is 6.04 Å². The van der Waals surface area contributed by atoms with Crippen molar-refractivity contribution in [1.82, 2.24) is 5.32 Å². The van der Waals surface area contributed by atoms with E-state index in [0.29, 0.717) is 6.42 Å². The number of carboxylic acid groups (broad SMARTS) is 1. The monoisotopic (exact) mass is 343 g/mol. The van der Waals surface area contributed by atoms with Crippen LogP contribution in [0.5, 0.6) is 0 Å². The van der Waals surface area contributed by atoms with E-state index in [1.807, 2.05) is 0 Å². The number of carbonyl (C=O) groups excluding carboxylic acids is 1. The van der Waals surface area contributed by atoms with Crippen LogP contribution in [0.3, 0.4) is 0 Å². The zero-order valence-electron chi connectivity index (χ0n) is 14.4. The predicted molar refractivity (Wildman–Crippen MR) is 99.0 cm³/mol. The van der Waals surface area contributed by atoms with Crippen LogP contribution in [0, 0.1) is 0 Å². The molecule has 0 heterocycles. The van der Waals surface area contributed by atoms with Gasteiger partial charge in [0.25, 0.3) is 0 Å². The van der Waals surface area contributed by atoms with Crippen molar-refractivity contribution < 1.29 is 14.7 Å². The van der Waals surface area contributed by atoms with Gasteiger partial charge in [-0.05, 0) is 32.1 Å². The summed E-state index contributed by atoms with van der Waals surface area (Å²) in [5.41, 5.74) is 0. The summed E-state index contributed by atoms with van der Waals surface area (Å²) in [4.78, 5) is 22.4. The number of nitrogens with one attached hydrogen (secondary N) is 1. The number of aliphatic carboxylic acids is 1. The quantitative estimate of drug-likeness (QED) is 0.235. The van der Waals surface area contributed by atoms with Gasteiger partial charge in [-0.3, -0.25) is 4.79 Å². The number of carboxylic acids is 1. The Hall–Kier alpha value is -0.970. The van der Waals surface area contributed by atoms with E-state index < -0.39 is 12.0 Å². The molecule has 23 heavy (non-hydrogen) atoms. The summed E-state index contributed by atoms with van der Waals surface area (Å²) in [6.45, 7) is 2.22. The van der Waals surface area contributed by atoms with Crippen LogP contribution in [0.25, 0.3) is 0 Å². The van der Waals surface area contributed by atoms with Gasteiger partial charge in [0.15, 0.2) is 0 Å². The minimum atomic E-state index is -1.03. The molecular weight excluding hydrogens is 310 g/mol. The molecule has 0 saturated carbocycles.